The third kappa shape index (κ3) is 2.41. The van der Waals surface area contributed by atoms with Crippen molar-refractivity contribution < 1.29 is 0 Å². The van der Waals surface area contributed by atoms with Crippen molar-refractivity contribution in [3.05, 3.63) is 85.1 Å². The van der Waals surface area contributed by atoms with Gasteiger partial charge in [0.25, 0.3) is 0 Å². The van der Waals surface area contributed by atoms with Crippen LogP contribution in [0.25, 0.3) is 42.8 Å². The molecule has 0 saturated carbocycles. The molecule has 0 unspecified atom stereocenters. The Hall–Kier alpha value is -3.04. The lowest BCUT2D eigenvalue weighted by Crippen LogP contribution is -1.82. The standard InChI is InChI=1S/C22H14N2S/c1-2-7-15(8-3-1)19-13-12-17-16-9-6-10-18(20-11-4-5-14-23-20)21(16)25-22(17)24-19/h1-14H. The average molecular weight is 338 g/mol. The van der Waals surface area contributed by atoms with Crippen molar-refractivity contribution in [2.45, 2.75) is 0 Å². The van der Waals surface area contributed by atoms with Gasteiger partial charge in [-0.25, -0.2) is 4.98 Å². The van der Waals surface area contributed by atoms with Crippen LogP contribution in [0, 0.1) is 0 Å². The molecule has 0 amide bonds. The molecule has 3 heteroatoms. The van der Waals surface area contributed by atoms with Crippen LogP contribution in [-0.2, 0) is 0 Å². The maximum absolute atomic E-state index is 4.92. The third-order valence-electron chi connectivity index (χ3n) is 4.37. The van der Waals surface area contributed by atoms with E-state index >= 15 is 0 Å². The fourth-order valence-electron chi connectivity index (χ4n) is 3.17. The number of hydrogen-bond donors (Lipinski definition) is 0. The number of hydrogen-bond acceptors (Lipinski definition) is 3. The molecule has 0 atom stereocenters. The molecule has 0 aliphatic heterocycles. The minimum atomic E-state index is 1.00. The van der Waals surface area contributed by atoms with Gasteiger partial charge in [-0.2, -0.15) is 0 Å². The molecular formula is C22H14N2S. The third-order valence-corrected chi connectivity index (χ3v) is 5.52. The van der Waals surface area contributed by atoms with E-state index in [0.717, 1.165) is 21.8 Å². The zero-order valence-corrected chi connectivity index (χ0v) is 14.2. The van der Waals surface area contributed by atoms with Crippen LogP contribution in [-0.4, -0.2) is 9.97 Å². The Morgan fingerprint density at radius 2 is 1.52 bits per heavy atom. The Morgan fingerprint density at radius 3 is 2.36 bits per heavy atom. The molecule has 0 aliphatic carbocycles. The number of fused-ring (bicyclic) bond motifs is 3. The van der Waals surface area contributed by atoms with E-state index in [1.54, 1.807) is 11.3 Å². The molecule has 0 aliphatic rings. The minimum Gasteiger partial charge on any atom is -0.256 e. The van der Waals surface area contributed by atoms with Gasteiger partial charge in [0.2, 0.25) is 0 Å². The van der Waals surface area contributed by atoms with E-state index < -0.39 is 0 Å². The molecule has 2 nitrogen and oxygen atoms in total. The normalized spacial score (nSPS) is 11.2. The monoisotopic (exact) mass is 338 g/mol. The Kier molecular flexibility index (Phi) is 3.32. The van der Waals surface area contributed by atoms with E-state index in [1.165, 1.54) is 21.0 Å². The zero-order valence-electron chi connectivity index (χ0n) is 13.4. The number of aromatic nitrogens is 2. The Bertz CT molecular complexity index is 1180. The minimum absolute atomic E-state index is 1.00. The molecular weight excluding hydrogens is 324 g/mol. The first-order valence-corrected chi connectivity index (χ1v) is 9.01. The number of nitrogens with zero attached hydrogens (tertiary/aromatic N) is 2. The summed E-state index contributed by atoms with van der Waals surface area (Å²) >= 11 is 1.74. The molecule has 0 bridgehead atoms. The first-order chi connectivity index (χ1) is 12.4. The van der Waals surface area contributed by atoms with Gasteiger partial charge in [-0.1, -0.05) is 54.6 Å². The predicted octanol–water partition coefficient (Wildman–Crippen LogP) is 6.18. The molecule has 3 heterocycles. The van der Waals surface area contributed by atoms with Gasteiger partial charge in [-0.15, -0.1) is 11.3 Å². The summed E-state index contributed by atoms with van der Waals surface area (Å²) in [7, 11) is 0. The van der Waals surface area contributed by atoms with Crippen LogP contribution in [0.2, 0.25) is 0 Å². The molecule has 25 heavy (non-hydrogen) atoms. The van der Waals surface area contributed by atoms with Crippen molar-refractivity contribution in [3.8, 4) is 22.5 Å². The number of rotatable bonds is 2. The van der Waals surface area contributed by atoms with E-state index in [-0.39, 0.29) is 0 Å². The van der Waals surface area contributed by atoms with Gasteiger partial charge in [0.1, 0.15) is 4.83 Å². The highest BCUT2D eigenvalue weighted by molar-refractivity contribution is 7.26. The van der Waals surface area contributed by atoms with Gasteiger partial charge in [-0.05, 0) is 24.3 Å². The van der Waals surface area contributed by atoms with Gasteiger partial charge in [-0.3, -0.25) is 4.98 Å². The Labute approximate surface area is 149 Å². The summed E-state index contributed by atoms with van der Waals surface area (Å²) < 4.78 is 1.24. The zero-order chi connectivity index (χ0) is 16.6. The van der Waals surface area contributed by atoms with Gasteiger partial charge < -0.3 is 0 Å². The predicted molar refractivity (Wildman–Crippen MR) is 106 cm³/mol. The highest BCUT2D eigenvalue weighted by atomic mass is 32.1. The molecule has 3 aromatic heterocycles. The van der Waals surface area contributed by atoms with Crippen LogP contribution in [0.1, 0.15) is 0 Å². The second kappa shape index (κ2) is 5.80. The molecule has 118 valence electrons. The van der Waals surface area contributed by atoms with E-state index in [4.69, 9.17) is 4.98 Å². The van der Waals surface area contributed by atoms with Crippen molar-refractivity contribution in [1.29, 1.82) is 0 Å². The van der Waals surface area contributed by atoms with Crippen LogP contribution < -0.4 is 0 Å². The van der Waals surface area contributed by atoms with Crippen molar-refractivity contribution in [3.63, 3.8) is 0 Å². The Balaban J connectivity index is 1.76. The summed E-state index contributed by atoms with van der Waals surface area (Å²) in [5, 5.41) is 2.45. The van der Waals surface area contributed by atoms with E-state index in [0.29, 0.717) is 0 Å². The highest BCUT2D eigenvalue weighted by Crippen LogP contribution is 2.39. The molecule has 0 spiro atoms. The van der Waals surface area contributed by atoms with Crippen LogP contribution in [0.4, 0.5) is 0 Å². The average Bonchev–Trinajstić information content (AvgIpc) is 3.07. The van der Waals surface area contributed by atoms with E-state index in [1.807, 2.05) is 36.5 Å². The van der Waals surface area contributed by atoms with Crippen LogP contribution in [0.5, 0.6) is 0 Å². The largest absolute Gasteiger partial charge is 0.256 e. The second-order valence-corrected chi connectivity index (χ2v) is 6.91. The molecule has 5 rings (SSSR count). The SMILES string of the molecule is c1ccc(-c2ccc3c(n2)sc2c(-c4ccccn4)cccc23)cc1. The van der Waals surface area contributed by atoms with Crippen molar-refractivity contribution in [2.75, 3.05) is 0 Å². The van der Waals surface area contributed by atoms with Gasteiger partial charge in [0.05, 0.1) is 11.4 Å². The van der Waals surface area contributed by atoms with E-state index in [2.05, 4.69) is 53.5 Å². The number of thiophene rings is 1. The summed E-state index contributed by atoms with van der Waals surface area (Å²) in [5.41, 5.74) is 4.33. The highest BCUT2D eigenvalue weighted by Gasteiger charge is 2.12. The number of benzene rings is 2. The van der Waals surface area contributed by atoms with Crippen molar-refractivity contribution in [1.82, 2.24) is 9.97 Å². The van der Waals surface area contributed by atoms with Crippen LogP contribution >= 0.6 is 11.3 Å². The first kappa shape index (κ1) is 14.3. The van der Waals surface area contributed by atoms with Crippen molar-refractivity contribution in [2.24, 2.45) is 0 Å². The van der Waals surface area contributed by atoms with Gasteiger partial charge >= 0.3 is 0 Å². The van der Waals surface area contributed by atoms with Gasteiger partial charge in [0.15, 0.2) is 0 Å². The second-order valence-electron chi connectivity index (χ2n) is 5.91. The van der Waals surface area contributed by atoms with Gasteiger partial charge in [0, 0.05) is 32.8 Å². The summed E-state index contributed by atoms with van der Waals surface area (Å²) in [6, 6.07) is 27.1. The summed E-state index contributed by atoms with van der Waals surface area (Å²) in [5.74, 6) is 0. The topological polar surface area (TPSA) is 25.8 Å². The molecule has 0 saturated heterocycles. The molecule has 0 N–H and O–H groups in total. The maximum Gasteiger partial charge on any atom is 0.125 e. The summed E-state index contributed by atoms with van der Waals surface area (Å²) in [6.07, 6.45) is 1.84. The lowest BCUT2D eigenvalue weighted by atomic mass is 10.1. The molecule has 5 aromatic rings. The lowest BCUT2D eigenvalue weighted by Gasteiger charge is -2.01. The smallest absolute Gasteiger partial charge is 0.125 e. The maximum atomic E-state index is 4.92. The molecule has 0 fully saturated rings. The lowest BCUT2D eigenvalue weighted by molar-refractivity contribution is 1.33. The fourth-order valence-corrected chi connectivity index (χ4v) is 4.37. The summed E-state index contributed by atoms with van der Waals surface area (Å²) in [6.45, 7) is 0. The quantitative estimate of drug-likeness (QED) is 0.384. The number of pyridine rings is 2. The Morgan fingerprint density at radius 1 is 0.640 bits per heavy atom. The molecule has 0 radical (unpaired) electrons. The first-order valence-electron chi connectivity index (χ1n) is 8.19. The van der Waals surface area contributed by atoms with Crippen LogP contribution in [0.15, 0.2) is 85.1 Å². The fraction of sp³-hybridized carbons (Fsp3) is 0. The van der Waals surface area contributed by atoms with Crippen LogP contribution in [0.3, 0.4) is 0 Å². The molecule has 2 aromatic carbocycles. The van der Waals surface area contributed by atoms with E-state index in [9.17, 15) is 0 Å². The van der Waals surface area contributed by atoms with Crippen molar-refractivity contribution >= 4 is 31.6 Å². The summed E-state index contributed by atoms with van der Waals surface area (Å²) in [4.78, 5) is 10.5.